The Bertz CT molecular complexity index is 572. The quantitative estimate of drug-likeness (QED) is 0.843. The summed E-state index contributed by atoms with van der Waals surface area (Å²) in [5, 5.41) is 5.13. The number of carbonyl (C=O) groups is 2. The van der Waals surface area contributed by atoms with Crippen molar-refractivity contribution < 1.29 is 22.8 Å². The number of carbonyl (C=O) groups excluding carboxylic acids is 2. The molecule has 0 aliphatic rings. The van der Waals surface area contributed by atoms with Crippen molar-refractivity contribution in [1.82, 2.24) is 4.90 Å². The van der Waals surface area contributed by atoms with Crippen LogP contribution in [-0.4, -0.2) is 43.5 Å². The van der Waals surface area contributed by atoms with Crippen molar-refractivity contribution in [3.05, 3.63) is 23.8 Å². The first kappa shape index (κ1) is 19.0. The number of nitrogens with one attached hydrogen (secondary N) is 2. The largest absolute Gasteiger partial charge is 0.389 e. The SMILES string of the molecule is Cc1cc(NC(=O)CCC(F)(F)F)ccc1NC(=O)CN(C)C. The highest BCUT2D eigenvalue weighted by Gasteiger charge is 2.27. The average Bonchev–Trinajstić information content (AvgIpc) is 2.38. The summed E-state index contributed by atoms with van der Waals surface area (Å²) in [6.45, 7) is 1.96. The molecule has 128 valence electrons. The van der Waals surface area contributed by atoms with Crippen LogP contribution in [0.5, 0.6) is 0 Å². The van der Waals surface area contributed by atoms with Gasteiger partial charge >= 0.3 is 6.18 Å². The molecule has 8 heteroatoms. The summed E-state index contributed by atoms with van der Waals surface area (Å²) in [4.78, 5) is 24.9. The molecule has 0 fully saturated rings. The highest BCUT2D eigenvalue weighted by molar-refractivity contribution is 5.94. The van der Waals surface area contributed by atoms with Gasteiger partial charge in [-0.3, -0.25) is 9.59 Å². The molecule has 0 aliphatic carbocycles. The Kier molecular flexibility index (Phi) is 6.56. The summed E-state index contributed by atoms with van der Waals surface area (Å²) in [5.74, 6) is -0.883. The number of rotatable bonds is 6. The number of alkyl halides is 3. The highest BCUT2D eigenvalue weighted by Crippen LogP contribution is 2.23. The lowest BCUT2D eigenvalue weighted by Gasteiger charge is -2.13. The van der Waals surface area contributed by atoms with Gasteiger partial charge < -0.3 is 15.5 Å². The number of benzene rings is 1. The van der Waals surface area contributed by atoms with E-state index in [9.17, 15) is 22.8 Å². The second kappa shape index (κ2) is 7.96. The summed E-state index contributed by atoms with van der Waals surface area (Å²) in [6.07, 6.45) is -6.13. The van der Waals surface area contributed by atoms with E-state index < -0.39 is 24.9 Å². The average molecular weight is 331 g/mol. The van der Waals surface area contributed by atoms with Crippen LogP contribution in [0.1, 0.15) is 18.4 Å². The number of amides is 2. The lowest BCUT2D eigenvalue weighted by molar-refractivity contribution is -0.142. The third-order valence-electron chi connectivity index (χ3n) is 2.88. The molecule has 0 aromatic heterocycles. The van der Waals surface area contributed by atoms with Crippen molar-refractivity contribution in [3.8, 4) is 0 Å². The molecule has 0 unspecified atom stereocenters. The molecule has 0 aliphatic heterocycles. The Labute approximate surface area is 132 Å². The molecular formula is C15H20F3N3O2. The van der Waals surface area contributed by atoms with Gasteiger partial charge in [0.2, 0.25) is 11.8 Å². The van der Waals surface area contributed by atoms with Crippen LogP contribution in [0.25, 0.3) is 0 Å². The van der Waals surface area contributed by atoms with Gasteiger partial charge in [0.1, 0.15) is 0 Å². The second-order valence-corrected chi connectivity index (χ2v) is 5.48. The van der Waals surface area contributed by atoms with Crippen LogP contribution in [0, 0.1) is 6.92 Å². The minimum atomic E-state index is -4.35. The van der Waals surface area contributed by atoms with Gasteiger partial charge in [0.25, 0.3) is 0 Å². The fourth-order valence-corrected chi connectivity index (χ4v) is 1.84. The zero-order valence-electron chi connectivity index (χ0n) is 13.3. The smallest absolute Gasteiger partial charge is 0.326 e. The van der Waals surface area contributed by atoms with Crippen molar-refractivity contribution in [3.63, 3.8) is 0 Å². The lowest BCUT2D eigenvalue weighted by Crippen LogP contribution is -2.27. The van der Waals surface area contributed by atoms with Gasteiger partial charge in [-0.25, -0.2) is 0 Å². The highest BCUT2D eigenvalue weighted by atomic mass is 19.4. The number of hydrogen-bond acceptors (Lipinski definition) is 3. The van der Waals surface area contributed by atoms with Crippen LogP contribution in [-0.2, 0) is 9.59 Å². The Hall–Kier alpha value is -2.09. The van der Waals surface area contributed by atoms with E-state index in [4.69, 9.17) is 0 Å². The van der Waals surface area contributed by atoms with E-state index in [0.29, 0.717) is 16.9 Å². The first-order chi connectivity index (χ1) is 10.6. The predicted octanol–water partition coefficient (Wildman–Crippen LogP) is 2.78. The fourth-order valence-electron chi connectivity index (χ4n) is 1.84. The lowest BCUT2D eigenvalue weighted by atomic mass is 10.1. The van der Waals surface area contributed by atoms with Crippen LogP contribution in [0.15, 0.2) is 18.2 Å². The van der Waals surface area contributed by atoms with Crippen LogP contribution < -0.4 is 10.6 Å². The number of likely N-dealkylation sites (N-methyl/N-ethyl adjacent to an activating group) is 1. The topological polar surface area (TPSA) is 61.4 Å². The molecule has 2 amide bonds. The van der Waals surface area contributed by atoms with E-state index >= 15 is 0 Å². The maximum atomic E-state index is 12.1. The molecule has 0 atom stereocenters. The first-order valence-electron chi connectivity index (χ1n) is 6.98. The summed E-state index contributed by atoms with van der Waals surface area (Å²) in [5.41, 5.74) is 1.68. The predicted molar refractivity (Wildman–Crippen MR) is 82.3 cm³/mol. The van der Waals surface area contributed by atoms with Crippen LogP contribution in [0.4, 0.5) is 24.5 Å². The molecule has 0 radical (unpaired) electrons. The molecule has 0 spiro atoms. The third kappa shape index (κ3) is 7.64. The van der Waals surface area contributed by atoms with Crippen molar-refractivity contribution in [2.45, 2.75) is 25.9 Å². The molecule has 5 nitrogen and oxygen atoms in total. The molecule has 0 saturated carbocycles. The Morgan fingerprint density at radius 3 is 2.30 bits per heavy atom. The van der Waals surface area contributed by atoms with Crippen LogP contribution >= 0.6 is 0 Å². The van der Waals surface area contributed by atoms with Gasteiger partial charge in [0.05, 0.1) is 13.0 Å². The van der Waals surface area contributed by atoms with Crippen molar-refractivity contribution in [2.75, 3.05) is 31.3 Å². The molecule has 1 aromatic carbocycles. The summed E-state index contributed by atoms with van der Waals surface area (Å²) in [7, 11) is 3.54. The zero-order chi connectivity index (χ0) is 17.6. The molecule has 0 heterocycles. The normalized spacial score (nSPS) is 11.4. The third-order valence-corrected chi connectivity index (χ3v) is 2.88. The van der Waals surface area contributed by atoms with E-state index in [1.165, 1.54) is 6.07 Å². The number of halogens is 3. The maximum absolute atomic E-state index is 12.1. The number of nitrogens with zero attached hydrogens (tertiary/aromatic N) is 1. The number of aryl methyl sites for hydroxylation is 1. The van der Waals surface area contributed by atoms with Crippen molar-refractivity contribution in [1.29, 1.82) is 0 Å². The van der Waals surface area contributed by atoms with Gasteiger partial charge in [-0.15, -0.1) is 0 Å². The Morgan fingerprint density at radius 1 is 1.13 bits per heavy atom. The van der Waals surface area contributed by atoms with Gasteiger partial charge in [-0.2, -0.15) is 13.2 Å². The summed E-state index contributed by atoms with van der Waals surface area (Å²) >= 11 is 0. The van der Waals surface area contributed by atoms with Crippen LogP contribution in [0.3, 0.4) is 0 Å². The first-order valence-corrected chi connectivity index (χ1v) is 6.98. The van der Waals surface area contributed by atoms with Crippen molar-refractivity contribution in [2.24, 2.45) is 0 Å². The molecule has 0 saturated heterocycles. The molecular weight excluding hydrogens is 311 g/mol. The molecule has 1 rings (SSSR count). The van der Waals surface area contributed by atoms with Crippen molar-refractivity contribution >= 4 is 23.2 Å². The van der Waals surface area contributed by atoms with E-state index in [1.807, 2.05) is 0 Å². The standard InChI is InChI=1S/C15H20F3N3O2/c1-10-8-11(19-13(22)6-7-15(16,17)18)4-5-12(10)20-14(23)9-21(2)3/h4-5,8H,6-7,9H2,1-3H3,(H,19,22)(H,20,23). The summed E-state index contributed by atoms with van der Waals surface area (Å²) < 4.78 is 36.2. The fraction of sp³-hybridized carbons (Fsp3) is 0.467. The molecule has 23 heavy (non-hydrogen) atoms. The monoisotopic (exact) mass is 331 g/mol. The second-order valence-electron chi connectivity index (χ2n) is 5.48. The minimum absolute atomic E-state index is 0.180. The number of hydrogen-bond donors (Lipinski definition) is 2. The summed E-state index contributed by atoms with van der Waals surface area (Å²) in [6, 6.07) is 4.72. The van der Waals surface area contributed by atoms with Gasteiger partial charge in [0, 0.05) is 17.8 Å². The number of anilines is 2. The van der Waals surface area contributed by atoms with Crippen LogP contribution in [0.2, 0.25) is 0 Å². The molecule has 1 aromatic rings. The Balaban J connectivity index is 2.62. The molecule has 2 N–H and O–H groups in total. The van der Waals surface area contributed by atoms with E-state index in [0.717, 1.165) is 0 Å². The Morgan fingerprint density at radius 2 is 1.78 bits per heavy atom. The zero-order valence-corrected chi connectivity index (χ0v) is 13.3. The van der Waals surface area contributed by atoms with E-state index in [1.54, 1.807) is 38.1 Å². The van der Waals surface area contributed by atoms with E-state index in [-0.39, 0.29) is 12.5 Å². The molecule has 0 bridgehead atoms. The van der Waals surface area contributed by atoms with Gasteiger partial charge in [0.15, 0.2) is 0 Å². The minimum Gasteiger partial charge on any atom is -0.326 e. The maximum Gasteiger partial charge on any atom is 0.389 e. The van der Waals surface area contributed by atoms with E-state index in [2.05, 4.69) is 10.6 Å². The van der Waals surface area contributed by atoms with Gasteiger partial charge in [-0.1, -0.05) is 0 Å². The van der Waals surface area contributed by atoms with Gasteiger partial charge in [-0.05, 0) is 44.8 Å².